The Morgan fingerprint density at radius 3 is 1.97 bits per heavy atom. The van der Waals surface area contributed by atoms with Crippen molar-refractivity contribution in [3.8, 4) is 17.2 Å². The summed E-state index contributed by atoms with van der Waals surface area (Å²) < 4.78 is 15.7. The molecule has 1 aliphatic heterocycles. The second-order valence-corrected chi connectivity index (χ2v) is 7.01. The normalized spacial score (nSPS) is 12.5. The van der Waals surface area contributed by atoms with Gasteiger partial charge in [0.2, 0.25) is 17.6 Å². The van der Waals surface area contributed by atoms with Gasteiger partial charge in [0, 0.05) is 43.6 Å². The number of hydrogen-bond acceptors (Lipinski definition) is 8. The van der Waals surface area contributed by atoms with E-state index in [9.17, 15) is 24.0 Å². The number of rotatable bonds is 12. The second kappa shape index (κ2) is 12.2. The summed E-state index contributed by atoms with van der Waals surface area (Å²) in [6, 6.07) is 3.07. The minimum absolute atomic E-state index is 0.0866. The molecule has 1 heterocycles. The molecule has 1 aliphatic rings. The number of benzene rings is 1. The van der Waals surface area contributed by atoms with Gasteiger partial charge in [0.1, 0.15) is 0 Å². The van der Waals surface area contributed by atoms with Crippen molar-refractivity contribution in [2.24, 2.45) is 0 Å². The highest BCUT2D eigenvalue weighted by Crippen LogP contribution is 2.38. The van der Waals surface area contributed by atoms with Crippen LogP contribution in [0.5, 0.6) is 17.2 Å². The quantitative estimate of drug-likeness (QED) is 0.340. The lowest BCUT2D eigenvalue weighted by atomic mass is 10.1. The highest BCUT2D eigenvalue weighted by atomic mass is 16.5. The molecule has 0 aliphatic carbocycles. The number of imide groups is 2. The number of methoxy groups -OCH3 is 3. The van der Waals surface area contributed by atoms with Gasteiger partial charge in [-0.2, -0.15) is 0 Å². The molecule has 0 bridgehead atoms. The Labute approximate surface area is 191 Å². The first-order valence-corrected chi connectivity index (χ1v) is 10.2. The predicted molar refractivity (Wildman–Crippen MR) is 116 cm³/mol. The molecule has 2 N–H and O–H groups in total. The molecule has 1 aromatic rings. The van der Waals surface area contributed by atoms with Gasteiger partial charge in [-0.25, -0.2) is 0 Å². The highest BCUT2D eigenvalue weighted by Gasteiger charge is 2.24. The van der Waals surface area contributed by atoms with Crippen molar-refractivity contribution in [3.63, 3.8) is 0 Å². The third kappa shape index (κ3) is 7.06. The summed E-state index contributed by atoms with van der Waals surface area (Å²) in [5, 5.41) is 4.97. The van der Waals surface area contributed by atoms with Crippen LogP contribution in [0.15, 0.2) is 24.3 Å². The fourth-order valence-corrected chi connectivity index (χ4v) is 3.07. The van der Waals surface area contributed by atoms with Gasteiger partial charge >= 0.3 is 0 Å². The maximum absolute atomic E-state index is 12.4. The van der Waals surface area contributed by atoms with Gasteiger partial charge in [0.15, 0.2) is 11.5 Å². The molecule has 0 radical (unpaired) electrons. The Morgan fingerprint density at radius 2 is 1.42 bits per heavy atom. The molecular weight excluding hydrogens is 434 g/mol. The Hall–Kier alpha value is -3.89. The first-order chi connectivity index (χ1) is 15.8. The largest absolute Gasteiger partial charge is 0.493 e. The Kier molecular flexibility index (Phi) is 9.40. The minimum atomic E-state index is -0.566. The van der Waals surface area contributed by atoms with Crippen molar-refractivity contribution in [2.75, 3.05) is 34.4 Å². The van der Waals surface area contributed by atoms with E-state index in [4.69, 9.17) is 14.2 Å². The van der Waals surface area contributed by atoms with Crippen LogP contribution in [0.25, 0.3) is 0 Å². The Bertz CT molecular complexity index is 914. The van der Waals surface area contributed by atoms with Crippen LogP contribution in [-0.4, -0.2) is 68.9 Å². The molecule has 0 atom stereocenters. The summed E-state index contributed by atoms with van der Waals surface area (Å²) >= 11 is 0. The summed E-state index contributed by atoms with van der Waals surface area (Å²) in [5.41, 5.74) is 0.331. The molecular formula is C22H27N3O8. The van der Waals surface area contributed by atoms with Crippen LogP contribution >= 0.6 is 0 Å². The van der Waals surface area contributed by atoms with Crippen LogP contribution in [0, 0.1) is 0 Å². The molecule has 5 amide bonds. The molecule has 0 aromatic heterocycles. The summed E-state index contributed by atoms with van der Waals surface area (Å²) in [6.07, 6.45) is 3.16. The van der Waals surface area contributed by atoms with E-state index in [1.54, 1.807) is 0 Å². The van der Waals surface area contributed by atoms with Crippen molar-refractivity contribution < 1.29 is 38.2 Å². The van der Waals surface area contributed by atoms with E-state index >= 15 is 0 Å². The summed E-state index contributed by atoms with van der Waals surface area (Å²) in [4.78, 5) is 59.9. The zero-order valence-electron chi connectivity index (χ0n) is 18.8. The fraction of sp³-hybridized carbons (Fsp3) is 0.409. The van der Waals surface area contributed by atoms with Crippen molar-refractivity contribution in [2.45, 2.75) is 25.7 Å². The van der Waals surface area contributed by atoms with Gasteiger partial charge in [-0.1, -0.05) is 0 Å². The van der Waals surface area contributed by atoms with E-state index in [0.29, 0.717) is 42.2 Å². The molecule has 0 fully saturated rings. The van der Waals surface area contributed by atoms with Gasteiger partial charge in [-0.3, -0.25) is 34.2 Å². The summed E-state index contributed by atoms with van der Waals surface area (Å²) in [5.74, 6) is -1.23. The smallest absolute Gasteiger partial charge is 0.253 e. The van der Waals surface area contributed by atoms with E-state index in [2.05, 4.69) is 10.6 Å². The third-order valence-electron chi connectivity index (χ3n) is 4.78. The van der Waals surface area contributed by atoms with E-state index < -0.39 is 23.6 Å². The van der Waals surface area contributed by atoms with Crippen LogP contribution in [-0.2, 0) is 19.2 Å². The van der Waals surface area contributed by atoms with Crippen LogP contribution in [0.4, 0.5) is 0 Å². The van der Waals surface area contributed by atoms with E-state index in [0.717, 1.165) is 17.1 Å². The minimum Gasteiger partial charge on any atom is -0.493 e. The fourth-order valence-electron chi connectivity index (χ4n) is 3.07. The zero-order chi connectivity index (χ0) is 24.4. The number of carbonyl (C=O) groups excluding carboxylic acids is 5. The zero-order valence-corrected chi connectivity index (χ0v) is 18.8. The highest BCUT2D eigenvalue weighted by molar-refractivity contribution is 6.13. The molecule has 0 spiro atoms. The van der Waals surface area contributed by atoms with Crippen LogP contribution in [0.2, 0.25) is 0 Å². The molecule has 0 saturated carbocycles. The topological polar surface area (TPSA) is 140 Å². The van der Waals surface area contributed by atoms with Crippen molar-refractivity contribution >= 4 is 29.5 Å². The van der Waals surface area contributed by atoms with Gasteiger partial charge in [-0.05, 0) is 25.0 Å². The average molecular weight is 461 g/mol. The Morgan fingerprint density at radius 1 is 0.848 bits per heavy atom. The predicted octanol–water partition coefficient (Wildman–Crippen LogP) is 0.570. The van der Waals surface area contributed by atoms with Gasteiger partial charge < -0.3 is 19.5 Å². The van der Waals surface area contributed by atoms with E-state index in [1.807, 2.05) is 0 Å². The van der Waals surface area contributed by atoms with Crippen molar-refractivity contribution in [3.05, 3.63) is 29.8 Å². The number of nitrogens with zero attached hydrogens (tertiary/aromatic N) is 1. The van der Waals surface area contributed by atoms with Crippen molar-refractivity contribution in [1.82, 2.24) is 15.5 Å². The van der Waals surface area contributed by atoms with Crippen LogP contribution in [0.3, 0.4) is 0 Å². The molecule has 178 valence electrons. The molecule has 11 heteroatoms. The third-order valence-corrected chi connectivity index (χ3v) is 4.78. The van der Waals surface area contributed by atoms with Gasteiger partial charge in [0.25, 0.3) is 17.7 Å². The van der Waals surface area contributed by atoms with E-state index in [1.165, 1.54) is 33.5 Å². The average Bonchev–Trinajstić information content (AvgIpc) is 3.13. The molecule has 0 saturated heterocycles. The molecule has 0 unspecified atom stereocenters. The molecule has 11 nitrogen and oxygen atoms in total. The SMILES string of the molecule is COc1cc(C(=O)NCCCCC(=O)NC(=O)CCN2C(=O)C=CC2=O)cc(OC)c1OC. The molecule has 33 heavy (non-hydrogen) atoms. The number of hydrogen-bond donors (Lipinski definition) is 2. The lowest BCUT2D eigenvalue weighted by molar-refractivity contribution is -0.137. The first-order valence-electron chi connectivity index (χ1n) is 10.2. The lowest BCUT2D eigenvalue weighted by Crippen LogP contribution is -2.36. The molecule has 2 rings (SSSR count). The maximum Gasteiger partial charge on any atom is 0.253 e. The van der Waals surface area contributed by atoms with Gasteiger partial charge in [-0.15, -0.1) is 0 Å². The second-order valence-electron chi connectivity index (χ2n) is 7.01. The van der Waals surface area contributed by atoms with E-state index in [-0.39, 0.29) is 25.3 Å². The number of ether oxygens (including phenoxy) is 3. The van der Waals surface area contributed by atoms with Crippen LogP contribution in [0.1, 0.15) is 36.0 Å². The summed E-state index contributed by atoms with van der Waals surface area (Å²) in [6.45, 7) is 0.236. The monoisotopic (exact) mass is 461 g/mol. The number of unbranched alkanes of at least 4 members (excludes halogenated alkanes) is 1. The number of amides is 5. The maximum atomic E-state index is 12.4. The van der Waals surface area contributed by atoms with Crippen molar-refractivity contribution in [1.29, 1.82) is 0 Å². The van der Waals surface area contributed by atoms with Gasteiger partial charge in [0.05, 0.1) is 21.3 Å². The lowest BCUT2D eigenvalue weighted by Gasteiger charge is -2.14. The standard InChI is InChI=1S/C22H27N3O8/c1-31-15-12-14(13-16(32-2)21(15)33-3)22(30)23-10-5-4-6-17(26)24-18(27)9-11-25-19(28)7-8-20(25)29/h7-8,12-13H,4-6,9-11H2,1-3H3,(H,23,30)(H,24,26,27). The Balaban J connectivity index is 1.69. The van der Waals surface area contributed by atoms with Crippen LogP contribution < -0.4 is 24.8 Å². The first kappa shape index (κ1) is 25.4. The number of nitrogens with one attached hydrogen (secondary N) is 2. The molecule has 1 aromatic carbocycles. The summed E-state index contributed by atoms with van der Waals surface area (Å²) in [7, 11) is 4.38. The number of carbonyl (C=O) groups is 5.